The number of primary amides is 1. The van der Waals surface area contributed by atoms with Crippen molar-refractivity contribution in [3.63, 3.8) is 0 Å². The van der Waals surface area contributed by atoms with E-state index >= 15 is 0 Å². The molecule has 0 bridgehead atoms. The van der Waals surface area contributed by atoms with Gasteiger partial charge in [-0.3, -0.25) is 19.2 Å². The summed E-state index contributed by atoms with van der Waals surface area (Å²) in [6.07, 6.45) is 1.09. The lowest BCUT2D eigenvalue weighted by Crippen LogP contribution is -2.45. The Morgan fingerprint density at radius 1 is 1.16 bits per heavy atom. The summed E-state index contributed by atoms with van der Waals surface area (Å²) >= 11 is 0. The Morgan fingerprint density at radius 2 is 1.77 bits per heavy atom. The highest BCUT2D eigenvalue weighted by molar-refractivity contribution is 5.92. The molecule has 0 aromatic heterocycles. The Balaban J connectivity index is 2.28. The summed E-state index contributed by atoms with van der Waals surface area (Å²) in [5, 5.41) is 0. The molecule has 2 heterocycles. The first-order valence-electron chi connectivity index (χ1n) is 9.88. The van der Waals surface area contributed by atoms with Crippen LogP contribution in [0.1, 0.15) is 34.1 Å². The normalized spacial score (nSPS) is 26.3. The van der Waals surface area contributed by atoms with Gasteiger partial charge in [-0.25, -0.2) is 0 Å². The molecule has 2 aliphatic heterocycles. The quantitative estimate of drug-likeness (QED) is 0.379. The fourth-order valence-electron chi connectivity index (χ4n) is 3.17. The molecule has 172 valence electrons. The number of allylic oxidation sites excluding steroid dienone is 1. The van der Waals surface area contributed by atoms with Gasteiger partial charge >= 0.3 is 17.9 Å². The number of carbonyl (C=O) groups is 4. The molecule has 1 saturated heterocycles. The second-order valence-electron chi connectivity index (χ2n) is 7.67. The third-order valence-electron chi connectivity index (χ3n) is 4.80. The van der Waals surface area contributed by atoms with Crippen LogP contribution in [-0.2, 0) is 38.1 Å². The van der Waals surface area contributed by atoms with Crippen molar-refractivity contribution in [2.45, 2.75) is 64.7 Å². The van der Waals surface area contributed by atoms with Gasteiger partial charge in [0.2, 0.25) is 5.91 Å². The van der Waals surface area contributed by atoms with E-state index in [2.05, 4.69) is 0 Å². The van der Waals surface area contributed by atoms with Crippen LogP contribution in [0.2, 0.25) is 0 Å². The van der Waals surface area contributed by atoms with Gasteiger partial charge in [-0.05, 0) is 12.3 Å². The number of amides is 1. The predicted octanol–water partition coefficient (Wildman–Crippen LogP) is -0.310. The standard InChI is InChI=1S/C20H29N3O8/c1-10(2)15(21)20(27)28-9-14-16(29-11(3)24)17(30-12(4)25)19(31-14)23-7-5-6-13(8-23)18(22)26/h5,7-8,10,14-17,19H,6,9,21H2,1-4H3,(H2,22,26)/t14?,15-,16+,17+,19+/m0/s1. The van der Waals surface area contributed by atoms with Crippen LogP contribution < -0.4 is 11.5 Å². The van der Waals surface area contributed by atoms with Gasteiger partial charge in [-0.1, -0.05) is 19.9 Å². The molecule has 0 aromatic rings. The minimum atomic E-state index is -1.06. The Hall–Kier alpha value is -2.92. The van der Waals surface area contributed by atoms with E-state index in [-0.39, 0.29) is 12.5 Å². The van der Waals surface area contributed by atoms with Crippen molar-refractivity contribution in [3.8, 4) is 0 Å². The lowest BCUT2D eigenvalue weighted by Gasteiger charge is -2.30. The zero-order valence-corrected chi connectivity index (χ0v) is 18.0. The van der Waals surface area contributed by atoms with Gasteiger partial charge in [0.05, 0.1) is 0 Å². The van der Waals surface area contributed by atoms with Gasteiger partial charge in [0.1, 0.15) is 18.8 Å². The Morgan fingerprint density at radius 3 is 2.32 bits per heavy atom. The van der Waals surface area contributed by atoms with Crippen molar-refractivity contribution >= 4 is 23.8 Å². The monoisotopic (exact) mass is 439 g/mol. The molecule has 11 nitrogen and oxygen atoms in total. The van der Waals surface area contributed by atoms with Crippen LogP contribution in [0.4, 0.5) is 0 Å². The Kier molecular flexibility index (Phi) is 8.17. The third-order valence-corrected chi connectivity index (χ3v) is 4.80. The second-order valence-corrected chi connectivity index (χ2v) is 7.67. The molecule has 0 aliphatic carbocycles. The van der Waals surface area contributed by atoms with Crippen molar-refractivity contribution in [2.24, 2.45) is 17.4 Å². The first-order valence-corrected chi connectivity index (χ1v) is 9.88. The zero-order chi connectivity index (χ0) is 23.3. The maximum absolute atomic E-state index is 12.2. The van der Waals surface area contributed by atoms with E-state index in [1.165, 1.54) is 24.9 Å². The average molecular weight is 439 g/mol. The number of hydrogen-bond donors (Lipinski definition) is 2. The molecular formula is C20H29N3O8. The van der Waals surface area contributed by atoms with Crippen LogP contribution in [-0.4, -0.2) is 65.9 Å². The molecule has 0 saturated carbocycles. The van der Waals surface area contributed by atoms with Crippen LogP contribution in [0, 0.1) is 5.92 Å². The van der Waals surface area contributed by atoms with E-state index in [0.29, 0.717) is 12.0 Å². The van der Waals surface area contributed by atoms with Gasteiger partial charge in [0.15, 0.2) is 18.4 Å². The molecule has 1 fully saturated rings. The highest BCUT2D eigenvalue weighted by Gasteiger charge is 2.51. The number of hydrogen-bond acceptors (Lipinski definition) is 10. The number of nitrogens with two attached hydrogens (primary N) is 2. The van der Waals surface area contributed by atoms with Crippen LogP contribution in [0.3, 0.4) is 0 Å². The Labute approximate surface area is 180 Å². The molecule has 0 aromatic carbocycles. The lowest BCUT2D eigenvalue weighted by molar-refractivity contribution is -0.167. The molecule has 0 spiro atoms. The summed E-state index contributed by atoms with van der Waals surface area (Å²) in [5.41, 5.74) is 11.5. The molecule has 1 amide bonds. The van der Waals surface area contributed by atoms with Gasteiger partial charge in [-0.15, -0.1) is 0 Å². The first-order chi connectivity index (χ1) is 14.5. The highest BCUT2D eigenvalue weighted by Crippen LogP contribution is 2.32. The molecule has 2 aliphatic rings. The average Bonchev–Trinajstić information content (AvgIpc) is 3.01. The summed E-state index contributed by atoms with van der Waals surface area (Å²) in [4.78, 5) is 48.6. The molecule has 31 heavy (non-hydrogen) atoms. The van der Waals surface area contributed by atoms with Gasteiger partial charge < -0.3 is 35.3 Å². The van der Waals surface area contributed by atoms with E-state index in [1.54, 1.807) is 26.1 Å². The highest BCUT2D eigenvalue weighted by atomic mass is 16.7. The van der Waals surface area contributed by atoms with Crippen LogP contribution in [0.25, 0.3) is 0 Å². The maximum atomic E-state index is 12.2. The summed E-state index contributed by atoms with van der Waals surface area (Å²) in [6, 6.07) is -0.834. The number of ether oxygens (including phenoxy) is 4. The molecule has 0 radical (unpaired) electrons. The SMILES string of the molecule is CC(=O)O[C@@H]1[C@H](OC(C)=O)C(COC(=O)[C@@H](N)C(C)C)O[C@H]1N1C=CCC(C(N)=O)=C1. The van der Waals surface area contributed by atoms with E-state index in [1.807, 2.05) is 0 Å². The smallest absolute Gasteiger partial charge is 0.323 e. The largest absolute Gasteiger partial charge is 0.462 e. The van der Waals surface area contributed by atoms with Gasteiger partial charge in [0.25, 0.3) is 0 Å². The van der Waals surface area contributed by atoms with E-state index in [9.17, 15) is 19.2 Å². The molecule has 5 atom stereocenters. The molecule has 2 rings (SSSR count). The fraction of sp³-hybridized carbons (Fsp3) is 0.600. The van der Waals surface area contributed by atoms with Crippen LogP contribution >= 0.6 is 0 Å². The molecule has 4 N–H and O–H groups in total. The molecular weight excluding hydrogens is 410 g/mol. The van der Waals surface area contributed by atoms with Gasteiger partial charge in [0, 0.05) is 31.8 Å². The van der Waals surface area contributed by atoms with Crippen molar-refractivity contribution in [3.05, 3.63) is 24.0 Å². The van der Waals surface area contributed by atoms with E-state index < -0.39 is 54.4 Å². The molecule has 11 heteroatoms. The van der Waals surface area contributed by atoms with Crippen molar-refractivity contribution in [2.75, 3.05) is 6.61 Å². The van der Waals surface area contributed by atoms with Crippen molar-refractivity contribution in [1.29, 1.82) is 0 Å². The number of rotatable bonds is 8. The van der Waals surface area contributed by atoms with Crippen molar-refractivity contribution in [1.82, 2.24) is 4.90 Å². The number of nitrogens with zero attached hydrogens (tertiary/aromatic N) is 1. The maximum Gasteiger partial charge on any atom is 0.323 e. The molecule has 1 unspecified atom stereocenters. The minimum Gasteiger partial charge on any atom is -0.462 e. The van der Waals surface area contributed by atoms with Gasteiger partial charge in [-0.2, -0.15) is 0 Å². The van der Waals surface area contributed by atoms with E-state index in [0.717, 1.165) is 0 Å². The summed E-state index contributed by atoms with van der Waals surface area (Å²) in [6.45, 7) is 5.67. The Bertz CT molecular complexity index is 778. The second kappa shape index (κ2) is 10.4. The predicted molar refractivity (Wildman–Crippen MR) is 106 cm³/mol. The first kappa shape index (κ1) is 24.4. The topological polar surface area (TPSA) is 160 Å². The van der Waals surface area contributed by atoms with E-state index in [4.69, 9.17) is 30.4 Å². The third kappa shape index (κ3) is 6.28. The zero-order valence-electron chi connectivity index (χ0n) is 18.0. The minimum absolute atomic E-state index is 0.140. The summed E-state index contributed by atoms with van der Waals surface area (Å²) < 4.78 is 21.9. The summed E-state index contributed by atoms with van der Waals surface area (Å²) in [5.74, 6) is -2.65. The summed E-state index contributed by atoms with van der Waals surface area (Å²) in [7, 11) is 0. The van der Waals surface area contributed by atoms with Crippen LogP contribution in [0.5, 0.6) is 0 Å². The number of esters is 3. The lowest BCUT2D eigenvalue weighted by atomic mass is 10.1. The fourth-order valence-corrected chi connectivity index (χ4v) is 3.17. The van der Waals surface area contributed by atoms with Crippen molar-refractivity contribution < 1.29 is 38.1 Å². The number of carbonyl (C=O) groups excluding carboxylic acids is 4. The van der Waals surface area contributed by atoms with Crippen LogP contribution in [0.15, 0.2) is 24.0 Å².